The van der Waals surface area contributed by atoms with E-state index < -0.39 is 0 Å². The third kappa shape index (κ3) is 2.92. The molecule has 0 atom stereocenters. The van der Waals surface area contributed by atoms with Gasteiger partial charge in [0, 0.05) is 17.5 Å². The van der Waals surface area contributed by atoms with Crippen molar-refractivity contribution in [3.05, 3.63) is 41.4 Å². The average molecular weight is 269 g/mol. The molecule has 2 aromatic rings. The summed E-state index contributed by atoms with van der Waals surface area (Å²) in [6.45, 7) is 2.59. The van der Waals surface area contributed by atoms with Gasteiger partial charge >= 0.3 is 0 Å². The van der Waals surface area contributed by atoms with Crippen LogP contribution in [0.3, 0.4) is 0 Å². The highest BCUT2D eigenvalue weighted by Crippen LogP contribution is 2.23. The molecule has 3 rings (SSSR count). The van der Waals surface area contributed by atoms with Crippen molar-refractivity contribution in [2.24, 2.45) is 0 Å². The second-order valence-corrected chi connectivity index (χ2v) is 5.21. The largest absolute Gasteiger partial charge is 0.364 e. The topological polar surface area (TPSA) is 63.6 Å². The molecule has 0 aliphatic heterocycles. The Bertz CT molecular complexity index is 579. The van der Waals surface area contributed by atoms with Crippen LogP contribution in [0.25, 0.3) is 0 Å². The molecule has 0 bridgehead atoms. The summed E-state index contributed by atoms with van der Waals surface area (Å²) in [5, 5.41) is 3.38. The summed E-state index contributed by atoms with van der Waals surface area (Å²) in [5.74, 6) is 0.958. The van der Waals surface area contributed by atoms with E-state index in [4.69, 9.17) is 0 Å². The lowest BCUT2D eigenvalue weighted by atomic mass is 10.1. The summed E-state index contributed by atoms with van der Waals surface area (Å²) in [5.41, 5.74) is 4.35. The van der Waals surface area contributed by atoms with Crippen LogP contribution in [0.15, 0.2) is 18.7 Å². The van der Waals surface area contributed by atoms with Gasteiger partial charge in [-0.2, -0.15) is 0 Å². The molecule has 1 aliphatic carbocycles. The van der Waals surface area contributed by atoms with Crippen molar-refractivity contribution >= 4 is 5.82 Å². The highest BCUT2D eigenvalue weighted by atomic mass is 15.0. The maximum absolute atomic E-state index is 4.43. The second-order valence-electron chi connectivity index (χ2n) is 5.21. The highest BCUT2D eigenvalue weighted by molar-refractivity contribution is 5.46. The molecule has 2 heterocycles. The Morgan fingerprint density at radius 1 is 1.00 bits per heavy atom. The fourth-order valence-corrected chi connectivity index (χ4v) is 2.54. The number of nitrogens with one attached hydrogen (secondary N) is 1. The highest BCUT2D eigenvalue weighted by Gasteiger charge is 2.14. The molecule has 0 saturated carbocycles. The van der Waals surface area contributed by atoms with E-state index in [0.29, 0.717) is 6.54 Å². The third-order valence-electron chi connectivity index (χ3n) is 3.65. The van der Waals surface area contributed by atoms with Crippen LogP contribution in [0.1, 0.15) is 41.9 Å². The standard InChI is InChI=1S/C15H19N5/c1-11-7-17-12(8-16-11)9-18-15-13-5-3-2-4-6-14(13)19-10-20-15/h7-8,10H,2-6,9H2,1H3,(H,18,19,20). The van der Waals surface area contributed by atoms with Crippen molar-refractivity contribution in [1.82, 2.24) is 19.9 Å². The van der Waals surface area contributed by atoms with Crippen LogP contribution in [0, 0.1) is 6.92 Å². The predicted octanol–water partition coefficient (Wildman–Crippen LogP) is 2.46. The van der Waals surface area contributed by atoms with Gasteiger partial charge < -0.3 is 5.32 Å². The molecule has 5 heteroatoms. The van der Waals surface area contributed by atoms with Gasteiger partial charge in [-0.05, 0) is 32.6 Å². The Kier molecular flexibility index (Phi) is 3.85. The van der Waals surface area contributed by atoms with Gasteiger partial charge in [0.2, 0.25) is 0 Å². The molecule has 1 N–H and O–H groups in total. The SMILES string of the molecule is Cc1cnc(CNc2ncnc3c2CCCCC3)cn1. The van der Waals surface area contributed by atoms with Crippen LogP contribution >= 0.6 is 0 Å². The van der Waals surface area contributed by atoms with Gasteiger partial charge in [0.1, 0.15) is 12.1 Å². The number of anilines is 1. The first-order chi connectivity index (χ1) is 9.83. The van der Waals surface area contributed by atoms with Crippen LogP contribution < -0.4 is 5.32 Å². The van der Waals surface area contributed by atoms with Gasteiger partial charge in [-0.1, -0.05) is 6.42 Å². The van der Waals surface area contributed by atoms with E-state index in [-0.39, 0.29) is 0 Å². The molecule has 0 aromatic carbocycles. The summed E-state index contributed by atoms with van der Waals surface area (Å²) >= 11 is 0. The minimum Gasteiger partial charge on any atom is -0.364 e. The molecular weight excluding hydrogens is 250 g/mol. The zero-order valence-corrected chi connectivity index (χ0v) is 11.8. The van der Waals surface area contributed by atoms with Gasteiger partial charge in [-0.15, -0.1) is 0 Å². The fourth-order valence-electron chi connectivity index (χ4n) is 2.54. The van der Waals surface area contributed by atoms with E-state index in [1.54, 1.807) is 12.5 Å². The van der Waals surface area contributed by atoms with E-state index >= 15 is 0 Å². The van der Waals surface area contributed by atoms with Crippen LogP contribution in [0.5, 0.6) is 0 Å². The monoisotopic (exact) mass is 269 g/mol. The number of nitrogens with zero attached hydrogens (tertiary/aromatic N) is 4. The second kappa shape index (κ2) is 5.94. The molecule has 104 valence electrons. The summed E-state index contributed by atoms with van der Waals surface area (Å²) in [6.07, 6.45) is 11.1. The molecule has 0 radical (unpaired) electrons. The lowest BCUT2D eigenvalue weighted by Gasteiger charge is -2.12. The Hall–Kier alpha value is -2.04. The molecule has 1 aliphatic rings. The number of rotatable bonds is 3. The van der Waals surface area contributed by atoms with E-state index in [2.05, 4.69) is 25.3 Å². The molecule has 0 unspecified atom stereocenters. The summed E-state index contributed by atoms with van der Waals surface area (Å²) in [6, 6.07) is 0. The molecule has 20 heavy (non-hydrogen) atoms. The molecule has 2 aromatic heterocycles. The third-order valence-corrected chi connectivity index (χ3v) is 3.65. The number of hydrogen-bond acceptors (Lipinski definition) is 5. The van der Waals surface area contributed by atoms with Crippen molar-refractivity contribution in [2.75, 3.05) is 5.32 Å². The number of aromatic nitrogens is 4. The van der Waals surface area contributed by atoms with E-state index in [1.165, 1.54) is 30.5 Å². The molecule has 0 saturated heterocycles. The predicted molar refractivity (Wildman–Crippen MR) is 77.4 cm³/mol. The first kappa shape index (κ1) is 13.0. The van der Waals surface area contributed by atoms with Gasteiger partial charge in [-0.25, -0.2) is 9.97 Å². The normalized spacial score (nSPS) is 14.4. The Labute approximate surface area is 118 Å². The van der Waals surface area contributed by atoms with Gasteiger partial charge in [0.25, 0.3) is 0 Å². The lowest BCUT2D eigenvalue weighted by molar-refractivity contribution is 0.708. The van der Waals surface area contributed by atoms with Crippen molar-refractivity contribution in [1.29, 1.82) is 0 Å². The maximum atomic E-state index is 4.43. The Morgan fingerprint density at radius 2 is 1.90 bits per heavy atom. The van der Waals surface area contributed by atoms with Crippen molar-refractivity contribution in [3.63, 3.8) is 0 Å². The molecule has 0 spiro atoms. The first-order valence-corrected chi connectivity index (χ1v) is 7.17. The molecular formula is C15H19N5. The summed E-state index contributed by atoms with van der Waals surface area (Å²) < 4.78 is 0. The van der Waals surface area contributed by atoms with Crippen LogP contribution in [0.4, 0.5) is 5.82 Å². The maximum Gasteiger partial charge on any atom is 0.133 e. The quantitative estimate of drug-likeness (QED) is 0.867. The van der Waals surface area contributed by atoms with Crippen LogP contribution in [-0.2, 0) is 19.4 Å². The van der Waals surface area contributed by atoms with E-state index in [1.807, 2.05) is 13.1 Å². The molecule has 0 amide bonds. The van der Waals surface area contributed by atoms with E-state index in [9.17, 15) is 0 Å². The van der Waals surface area contributed by atoms with E-state index in [0.717, 1.165) is 30.0 Å². The van der Waals surface area contributed by atoms with Crippen LogP contribution in [-0.4, -0.2) is 19.9 Å². The lowest BCUT2D eigenvalue weighted by Crippen LogP contribution is -2.09. The average Bonchev–Trinajstić information content (AvgIpc) is 2.72. The van der Waals surface area contributed by atoms with Crippen molar-refractivity contribution < 1.29 is 0 Å². The fraction of sp³-hybridized carbons (Fsp3) is 0.467. The van der Waals surface area contributed by atoms with Gasteiger partial charge in [0.15, 0.2) is 0 Å². The number of fused-ring (bicyclic) bond motifs is 1. The Morgan fingerprint density at radius 3 is 2.75 bits per heavy atom. The minimum absolute atomic E-state index is 0.650. The molecule has 0 fully saturated rings. The van der Waals surface area contributed by atoms with Crippen molar-refractivity contribution in [3.8, 4) is 0 Å². The zero-order chi connectivity index (χ0) is 13.8. The Balaban J connectivity index is 1.75. The summed E-state index contributed by atoms with van der Waals surface area (Å²) in [4.78, 5) is 17.4. The smallest absolute Gasteiger partial charge is 0.133 e. The number of hydrogen-bond donors (Lipinski definition) is 1. The number of aryl methyl sites for hydroxylation is 2. The summed E-state index contributed by atoms with van der Waals surface area (Å²) in [7, 11) is 0. The zero-order valence-electron chi connectivity index (χ0n) is 11.8. The van der Waals surface area contributed by atoms with Gasteiger partial charge in [-0.3, -0.25) is 9.97 Å². The molecule has 5 nitrogen and oxygen atoms in total. The first-order valence-electron chi connectivity index (χ1n) is 7.17. The van der Waals surface area contributed by atoms with Crippen LogP contribution in [0.2, 0.25) is 0 Å². The van der Waals surface area contributed by atoms with Crippen molar-refractivity contribution in [2.45, 2.75) is 45.6 Å². The minimum atomic E-state index is 0.650. The van der Waals surface area contributed by atoms with Gasteiger partial charge in [0.05, 0.1) is 24.1 Å².